The Bertz CT molecular complexity index is 823. The second kappa shape index (κ2) is 4.47. The second-order valence-electron chi connectivity index (χ2n) is 5.02. The monoisotopic (exact) mass is 303 g/mol. The molecule has 5 heteroatoms. The maximum Gasteiger partial charge on any atom is 0.222 e. The molecule has 0 aliphatic heterocycles. The lowest BCUT2D eigenvalue weighted by molar-refractivity contribution is 0.913. The van der Waals surface area contributed by atoms with Crippen LogP contribution in [0.4, 0.5) is 0 Å². The summed E-state index contributed by atoms with van der Waals surface area (Å²) in [7, 11) is 0. The number of nitrogens with one attached hydrogen (secondary N) is 1. The Morgan fingerprint density at radius 3 is 2.95 bits per heavy atom. The normalized spacial score (nSPS) is 13.9. The second-order valence-corrected chi connectivity index (χ2v) is 5.76. The largest absolute Gasteiger partial charge is 0.360 e. The summed E-state index contributed by atoms with van der Waals surface area (Å²) in [5, 5.41) is 1.86. The minimum absolute atomic E-state index is 0.208. The molecule has 1 N–H and O–H groups in total. The molecule has 1 aromatic carbocycles. The number of aryl methyl sites for hydroxylation is 2. The van der Waals surface area contributed by atoms with Gasteiger partial charge in [0.05, 0.1) is 16.9 Å². The molecular weight excluding hydrogens is 293 g/mol. The molecule has 0 amide bonds. The molecule has 0 radical (unpaired) electrons. The highest BCUT2D eigenvalue weighted by Gasteiger charge is 2.18. The van der Waals surface area contributed by atoms with Crippen molar-refractivity contribution in [3.05, 3.63) is 46.0 Å². The number of rotatable bonds is 1. The van der Waals surface area contributed by atoms with Crippen molar-refractivity contribution in [2.24, 2.45) is 0 Å². The standard InChI is InChI=1S/C15H11Cl2N3/c16-12-7-19-15(17)20-14(12)11-6-18-13-9-3-1-2-8(9)4-5-10(11)13/h4-7,18H,1-3H2. The third-order valence-electron chi connectivity index (χ3n) is 3.90. The van der Waals surface area contributed by atoms with Crippen molar-refractivity contribution in [3.8, 4) is 11.3 Å². The summed E-state index contributed by atoms with van der Waals surface area (Å²) in [4.78, 5) is 11.5. The molecule has 1 aliphatic rings. The van der Waals surface area contributed by atoms with Crippen LogP contribution in [0.5, 0.6) is 0 Å². The molecule has 0 unspecified atom stereocenters. The Morgan fingerprint density at radius 2 is 2.05 bits per heavy atom. The van der Waals surface area contributed by atoms with Crippen molar-refractivity contribution in [3.63, 3.8) is 0 Å². The van der Waals surface area contributed by atoms with Gasteiger partial charge in [0.2, 0.25) is 5.28 Å². The van der Waals surface area contributed by atoms with Gasteiger partial charge < -0.3 is 4.98 Å². The average Bonchev–Trinajstić information content (AvgIpc) is 3.06. The topological polar surface area (TPSA) is 41.6 Å². The van der Waals surface area contributed by atoms with Crippen LogP contribution >= 0.6 is 23.2 Å². The minimum Gasteiger partial charge on any atom is -0.360 e. The number of nitrogens with zero attached hydrogens (tertiary/aromatic N) is 2. The number of halogens is 2. The zero-order chi connectivity index (χ0) is 13.7. The Balaban J connectivity index is 2.00. The molecule has 0 fully saturated rings. The molecule has 4 rings (SSSR count). The molecular formula is C15H11Cl2N3. The molecule has 100 valence electrons. The van der Waals surface area contributed by atoms with Gasteiger partial charge in [-0.15, -0.1) is 0 Å². The number of aromatic nitrogens is 3. The molecule has 20 heavy (non-hydrogen) atoms. The summed E-state index contributed by atoms with van der Waals surface area (Å²) in [6, 6.07) is 4.34. The van der Waals surface area contributed by atoms with Gasteiger partial charge in [0.25, 0.3) is 0 Å². The number of benzene rings is 1. The molecule has 0 saturated heterocycles. The highest BCUT2D eigenvalue weighted by molar-refractivity contribution is 6.34. The van der Waals surface area contributed by atoms with E-state index in [4.69, 9.17) is 23.2 Å². The lowest BCUT2D eigenvalue weighted by Gasteiger charge is -2.04. The number of H-pyrrole nitrogens is 1. The Kier molecular flexibility index (Phi) is 2.72. The molecule has 3 aromatic rings. The first-order valence-electron chi connectivity index (χ1n) is 6.54. The summed E-state index contributed by atoms with van der Waals surface area (Å²) < 4.78 is 0. The highest BCUT2D eigenvalue weighted by Crippen LogP contribution is 2.36. The molecule has 0 saturated carbocycles. The summed E-state index contributed by atoms with van der Waals surface area (Å²) in [5.74, 6) is 0. The maximum absolute atomic E-state index is 6.21. The Hall–Kier alpha value is -1.58. The molecule has 0 atom stereocenters. The first kappa shape index (κ1) is 12.2. The Morgan fingerprint density at radius 1 is 1.15 bits per heavy atom. The van der Waals surface area contributed by atoms with Gasteiger partial charge in [-0.2, -0.15) is 0 Å². The zero-order valence-electron chi connectivity index (χ0n) is 10.6. The van der Waals surface area contributed by atoms with Crippen molar-refractivity contribution in [1.82, 2.24) is 15.0 Å². The molecule has 0 bridgehead atoms. The van der Waals surface area contributed by atoms with Crippen LogP contribution in [-0.2, 0) is 12.8 Å². The van der Waals surface area contributed by atoms with Gasteiger partial charge in [0.15, 0.2) is 0 Å². The van der Waals surface area contributed by atoms with Gasteiger partial charge in [0.1, 0.15) is 0 Å². The predicted molar refractivity (Wildman–Crippen MR) is 81.4 cm³/mol. The third kappa shape index (κ3) is 1.74. The van der Waals surface area contributed by atoms with E-state index < -0.39 is 0 Å². The number of aromatic amines is 1. The van der Waals surface area contributed by atoms with Crippen LogP contribution in [0.25, 0.3) is 22.2 Å². The summed E-state index contributed by atoms with van der Waals surface area (Å²) in [6.07, 6.45) is 7.01. The molecule has 0 spiro atoms. The van der Waals surface area contributed by atoms with E-state index in [0.717, 1.165) is 17.4 Å². The van der Waals surface area contributed by atoms with Crippen molar-refractivity contribution in [2.45, 2.75) is 19.3 Å². The van der Waals surface area contributed by atoms with Gasteiger partial charge in [-0.25, -0.2) is 9.97 Å². The van der Waals surface area contributed by atoms with Crippen molar-refractivity contribution in [2.75, 3.05) is 0 Å². The van der Waals surface area contributed by atoms with E-state index >= 15 is 0 Å². The number of hydrogen-bond acceptors (Lipinski definition) is 2. The smallest absolute Gasteiger partial charge is 0.222 e. The van der Waals surface area contributed by atoms with Gasteiger partial charge >= 0.3 is 0 Å². The first-order chi connectivity index (χ1) is 9.74. The summed E-state index contributed by atoms with van der Waals surface area (Å²) >= 11 is 12.1. The first-order valence-corrected chi connectivity index (χ1v) is 7.30. The fraction of sp³-hybridized carbons (Fsp3) is 0.200. The van der Waals surface area contributed by atoms with Crippen LogP contribution in [0.1, 0.15) is 17.5 Å². The predicted octanol–water partition coefficient (Wildman–Crippen LogP) is 4.42. The van der Waals surface area contributed by atoms with E-state index in [1.165, 1.54) is 29.5 Å². The van der Waals surface area contributed by atoms with Crippen LogP contribution in [-0.4, -0.2) is 15.0 Å². The van der Waals surface area contributed by atoms with Crippen molar-refractivity contribution < 1.29 is 0 Å². The SMILES string of the molecule is Clc1ncc(Cl)c(-c2c[nH]c3c4c(ccc23)CCC4)n1. The average molecular weight is 304 g/mol. The maximum atomic E-state index is 6.21. The van der Waals surface area contributed by atoms with E-state index in [-0.39, 0.29) is 5.28 Å². The third-order valence-corrected chi connectivity index (χ3v) is 4.36. The molecule has 1 aliphatic carbocycles. The van der Waals surface area contributed by atoms with Crippen LogP contribution in [0, 0.1) is 0 Å². The van der Waals surface area contributed by atoms with Crippen LogP contribution in [0.2, 0.25) is 10.3 Å². The van der Waals surface area contributed by atoms with Gasteiger partial charge in [-0.05, 0) is 42.0 Å². The minimum atomic E-state index is 0.208. The molecule has 2 aromatic heterocycles. The van der Waals surface area contributed by atoms with Gasteiger partial charge in [-0.1, -0.05) is 23.7 Å². The van der Waals surface area contributed by atoms with Crippen LogP contribution < -0.4 is 0 Å². The summed E-state index contributed by atoms with van der Waals surface area (Å²) in [6.45, 7) is 0. The van der Waals surface area contributed by atoms with E-state index in [0.29, 0.717) is 10.7 Å². The van der Waals surface area contributed by atoms with E-state index in [9.17, 15) is 0 Å². The number of fused-ring (bicyclic) bond motifs is 3. The summed E-state index contributed by atoms with van der Waals surface area (Å²) in [5.41, 5.74) is 5.71. The van der Waals surface area contributed by atoms with Crippen LogP contribution in [0.3, 0.4) is 0 Å². The van der Waals surface area contributed by atoms with Crippen molar-refractivity contribution in [1.29, 1.82) is 0 Å². The van der Waals surface area contributed by atoms with Gasteiger partial charge in [0, 0.05) is 22.7 Å². The fourth-order valence-corrected chi connectivity index (χ4v) is 3.33. The zero-order valence-corrected chi connectivity index (χ0v) is 12.1. The van der Waals surface area contributed by atoms with Gasteiger partial charge in [-0.3, -0.25) is 0 Å². The lowest BCUT2D eigenvalue weighted by Crippen LogP contribution is -1.88. The fourth-order valence-electron chi connectivity index (χ4n) is 3.01. The van der Waals surface area contributed by atoms with Crippen molar-refractivity contribution >= 4 is 34.1 Å². The lowest BCUT2D eigenvalue weighted by atomic mass is 10.0. The van der Waals surface area contributed by atoms with Crippen LogP contribution in [0.15, 0.2) is 24.5 Å². The Labute approximate surface area is 126 Å². The number of hydrogen-bond donors (Lipinski definition) is 1. The van der Waals surface area contributed by atoms with E-state index in [1.807, 2.05) is 6.20 Å². The molecule has 3 nitrogen and oxygen atoms in total. The highest BCUT2D eigenvalue weighted by atomic mass is 35.5. The molecule has 2 heterocycles. The van der Waals surface area contributed by atoms with E-state index in [2.05, 4.69) is 27.1 Å². The quantitative estimate of drug-likeness (QED) is 0.676. The van der Waals surface area contributed by atoms with E-state index in [1.54, 1.807) is 6.20 Å².